The standard InChI is InChI=1S/C13H15NO4/c1-8(2)18-13(17)14-7-10(12(15)16)9-5-3-4-6-11(9)14/h3-6,8,10H,7H2,1-2H3,(H,15,16). The smallest absolute Gasteiger partial charge is 0.414 e. The molecule has 0 saturated heterocycles. The fourth-order valence-corrected chi connectivity index (χ4v) is 2.06. The van der Waals surface area contributed by atoms with E-state index in [-0.39, 0.29) is 12.6 Å². The Morgan fingerprint density at radius 3 is 2.67 bits per heavy atom. The van der Waals surface area contributed by atoms with Gasteiger partial charge in [-0.2, -0.15) is 0 Å². The number of carboxylic acid groups (broad SMARTS) is 1. The molecule has 1 atom stereocenters. The number of nitrogens with zero attached hydrogens (tertiary/aromatic N) is 1. The molecule has 1 aromatic rings. The van der Waals surface area contributed by atoms with Gasteiger partial charge in [0.15, 0.2) is 0 Å². The molecule has 0 fully saturated rings. The molecule has 1 aromatic carbocycles. The van der Waals surface area contributed by atoms with Crippen LogP contribution in [0.4, 0.5) is 10.5 Å². The molecule has 0 aromatic heterocycles. The Kier molecular flexibility index (Phi) is 3.23. The van der Waals surface area contributed by atoms with Crippen LogP contribution in [0.2, 0.25) is 0 Å². The molecule has 0 bridgehead atoms. The van der Waals surface area contributed by atoms with Crippen LogP contribution in [0.1, 0.15) is 25.3 Å². The van der Waals surface area contributed by atoms with Crippen LogP contribution in [0, 0.1) is 0 Å². The number of aliphatic carboxylic acids is 1. The van der Waals surface area contributed by atoms with E-state index in [2.05, 4.69) is 0 Å². The molecule has 1 amide bonds. The minimum absolute atomic E-state index is 0.125. The minimum atomic E-state index is -0.928. The third-order valence-electron chi connectivity index (χ3n) is 2.82. The summed E-state index contributed by atoms with van der Waals surface area (Å²) in [6, 6.07) is 7.02. The summed E-state index contributed by atoms with van der Waals surface area (Å²) >= 11 is 0. The van der Waals surface area contributed by atoms with Crippen LogP contribution in [-0.2, 0) is 9.53 Å². The van der Waals surface area contributed by atoms with Gasteiger partial charge in [-0.3, -0.25) is 9.69 Å². The van der Waals surface area contributed by atoms with Gasteiger partial charge >= 0.3 is 12.1 Å². The highest BCUT2D eigenvalue weighted by molar-refractivity contribution is 5.95. The van der Waals surface area contributed by atoms with Crippen molar-refractivity contribution < 1.29 is 19.4 Å². The van der Waals surface area contributed by atoms with Crippen LogP contribution in [-0.4, -0.2) is 29.8 Å². The van der Waals surface area contributed by atoms with Gasteiger partial charge in [-0.15, -0.1) is 0 Å². The van der Waals surface area contributed by atoms with Gasteiger partial charge in [0.2, 0.25) is 0 Å². The molecule has 0 radical (unpaired) electrons. The Hall–Kier alpha value is -2.04. The van der Waals surface area contributed by atoms with E-state index in [1.165, 1.54) is 4.90 Å². The number of rotatable bonds is 2. The highest BCUT2D eigenvalue weighted by Crippen LogP contribution is 2.36. The van der Waals surface area contributed by atoms with Crippen LogP contribution < -0.4 is 4.90 Å². The van der Waals surface area contributed by atoms with Gasteiger partial charge in [0.1, 0.15) is 5.92 Å². The maximum absolute atomic E-state index is 11.9. The van der Waals surface area contributed by atoms with Crippen molar-refractivity contribution in [3.05, 3.63) is 29.8 Å². The van der Waals surface area contributed by atoms with E-state index in [1.54, 1.807) is 38.1 Å². The number of carbonyl (C=O) groups excluding carboxylic acids is 1. The quantitative estimate of drug-likeness (QED) is 0.872. The largest absolute Gasteiger partial charge is 0.481 e. The van der Waals surface area contributed by atoms with Crippen molar-refractivity contribution in [3.8, 4) is 0 Å². The van der Waals surface area contributed by atoms with Crippen molar-refractivity contribution in [2.24, 2.45) is 0 Å². The van der Waals surface area contributed by atoms with Crippen LogP contribution >= 0.6 is 0 Å². The van der Waals surface area contributed by atoms with E-state index >= 15 is 0 Å². The minimum Gasteiger partial charge on any atom is -0.481 e. The number of carboxylic acids is 1. The summed E-state index contributed by atoms with van der Waals surface area (Å²) in [5.74, 6) is -1.61. The van der Waals surface area contributed by atoms with Gasteiger partial charge in [-0.05, 0) is 25.5 Å². The second-order valence-corrected chi connectivity index (χ2v) is 4.49. The maximum Gasteiger partial charge on any atom is 0.414 e. The van der Waals surface area contributed by atoms with Gasteiger partial charge < -0.3 is 9.84 Å². The summed E-state index contributed by atoms with van der Waals surface area (Å²) in [5, 5.41) is 9.16. The monoisotopic (exact) mass is 249 g/mol. The van der Waals surface area contributed by atoms with Gasteiger partial charge in [0.25, 0.3) is 0 Å². The molecule has 1 N–H and O–H groups in total. The molecule has 96 valence electrons. The maximum atomic E-state index is 11.9. The molecule has 1 aliphatic heterocycles. The predicted octanol–water partition coefficient (Wildman–Crippen LogP) is 2.22. The van der Waals surface area contributed by atoms with Gasteiger partial charge in [0, 0.05) is 6.54 Å². The molecular weight excluding hydrogens is 234 g/mol. The predicted molar refractivity (Wildman–Crippen MR) is 65.8 cm³/mol. The fraction of sp³-hybridized carbons (Fsp3) is 0.385. The number of amides is 1. The van der Waals surface area contributed by atoms with Crippen LogP contribution in [0.25, 0.3) is 0 Å². The van der Waals surface area contributed by atoms with E-state index < -0.39 is 18.0 Å². The lowest BCUT2D eigenvalue weighted by molar-refractivity contribution is -0.138. The first-order chi connectivity index (χ1) is 8.50. The zero-order chi connectivity index (χ0) is 13.3. The molecular formula is C13H15NO4. The van der Waals surface area contributed by atoms with E-state index in [9.17, 15) is 9.59 Å². The van der Waals surface area contributed by atoms with Crippen molar-refractivity contribution in [3.63, 3.8) is 0 Å². The topological polar surface area (TPSA) is 66.8 Å². The number of carbonyl (C=O) groups is 2. The number of anilines is 1. The summed E-state index contributed by atoms with van der Waals surface area (Å²) in [5.41, 5.74) is 1.28. The van der Waals surface area contributed by atoms with Crippen molar-refractivity contribution in [2.75, 3.05) is 11.4 Å². The SMILES string of the molecule is CC(C)OC(=O)N1CC(C(=O)O)c2ccccc21. The molecule has 1 unspecified atom stereocenters. The van der Waals surface area contributed by atoms with Crippen molar-refractivity contribution in [1.82, 2.24) is 0 Å². The van der Waals surface area contributed by atoms with Crippen LogP contribution in [0.15, 0.2) is 24.3 Å². The Balaban J connectivity index is 2.31. The highest BCUT2D eigenvalue weighted by atomic mass is 16.6. The molecule has 5 heteroatoms. The lowest BCUT2D eigenvalue weighted by Gasteiger charge is -2.18. The molecule has 0 aliphatic carbocycles. The third kappa shape index (κ3) is 2.16. The first-order valence-corrected chi connectivity index (χ1v) is 5.80. The third-order valence-corrected chi connectivity index (χ3v) is 2.82. The molecule has 1 aliphatic rings. The van der Waals surface area contributed by atoms with Crippen LogP contribution in [0.3, 0.4) is 0 Å². The van der Waals surface area contributed by atoms with Crippen molar-refractivity contribution in [1.29, 1.82) is 0 Å². The van der Waals surface area contributed by atoms with Gasteiger partial charge in [-0.25, -0.2) is 4.79 Å². The number of fused-ring (bicyclic) bond motifs is 1. The van der Waals surface area contributed by atoms with Crippen molar-refractivity contribution >= 4 is 17.7 Å². The normalized spacial score (nSPS) is 17.7. The van der Waals surface area contributed by atoms with Crippen LogP contribution in [0.5, 0.6) is 0 Å². The first-order valence-electron chi connectivity index (χ1n) is 5.80. The molecule has 0 saturated carbocycles. The number of benzene rings is 1. The summed E-state index contributed by atoms with van der Waals surface area (Å²) in [7, 11) is 0. The Morgan fingerprint density at radius 1 is 1.39 bits per heavy atom. The number of hydrogen-bond donors (Lipinski definition) is 1. The van der Waals surface area contributed by atoms with E-state index in [0.29, 0.717) is 11.3 Å². The molecule has 18 heavy (non-hydrogen) atoms. The van der Waals surface area contributed by atoms with E-state index in [4.69, 9.17) is 9.84 Å². The number of hydrogen-bond acceptors (Lipinski definition) is 3. The Morgan fingerprint density at radius 2 is 2.06 bits per heavy atom. The van der Waals surface area contributed by atoms with E-state index in [1.807, 2.05) is 0 Å². The zero-order valence-corrected chi connectivity index (χ0v) is 10.3. The molecule has 1 heterocycles. The number of para-hydroxylation sites is 1. The van der Waals surface area contributed by atoms with Gasteiger partial charge in [0.05, 0.1) is 11.8 Å². The average molecular weight is 249 g/mol. The Bertz CT molecular complexity index is 484. The lowest BCUT2D eigenvalue weighted by atomic mass is 10.0. The summed E-state index contributed by atoms with van der Waals surface area (Å²) in [6.45, 7) is 3.64. The summed E-state index contributed by atoms with van der Waals surface area (Å²) in [4.78, 5) is 24.5. The van der Waals surface area contributed by atoms with Gasteiger partial charge in [-0.1, -0.05) is 18.2 Å². The molecule has 5 nitrogen and oxygen atoms in total. The fourth-order valence-electron chi connectivity index (χ4n) is 2.06. The molecule has 0 spiro atoms. The second-order valence-electron chi connectivity index (χ2n) is 4.49. The second kappa shape index (κ2) is 4.68. The Labute approximate surface area is 105 Å². The van der Waals surface area contributed by atoms with E-state index in [0.717, 1.165) is 0 Å². The number of ether oxygens (including phenoxy) is 1. The molecule has 2 rings (SSSR count). The lowest BCUT2D eigenvalue weighted by Crippen LogP contribution is -2.33. The van der Waals surface area contributed by atoms with Crippen molar-refractivity contribution in [2.45, 2.75) is 25.9 Å². The zero-order valence-electron chi connectivity index (χ0n) is 10.3. The summed E-state index contributed by atoms with van der Waals surface area (Å²) < 4.78 is 5.11. The highest BCUT2D eigenvalue weighted by Gasteiger charge is 2.37. The first kappa shape index (κ1) is 12.4. The average Bonchev–Trinajstić information content (AvgIpc) is 2.67. The summed E-state index contributed by atoms with van der Waals surface area (Å²) in [6.07, 6.45) is -0.727.